The van der Waals surface area contributed by atoms with Crippen molar-refractivity contribution in [1.29, 1.82) is 0 Å². The summed E-state index contributed by atoms with van der Waals surface area (Å²) in [5.41, 5.74) is 1.20. The second-order valence-corrected chi connectivity index (χ2v) is 6.00. The minimum atomic E-state index is -0.158. The van der Waals surface area contributed by atoms with E-state index in [1.165, 1.54) is 44.1 Å². The van der Waals surface area contributed by atoms with Gasteiger partial charge in [0.1, 0.15) is 5.82 Å². The SMILES string of the molecule is CCCCCCCC(C)NC(C)Cc1ccc(F)cc1. The Hall–Kier alpha value is -0.890. The van der Waals surface area contributed by atoms with Crippen LogP contribution in [0.3, 0.4) is 0 Å². The first kappa shape index (κ1) is 17.2. The number of unbranched alkanes of at least 4 members (excludes halogenated alkanes) is 4. The zero-order chi connectivity index (χ0) is 14.8. The Labute approximate surface area is 124 Å². The molecule has 2 heteroatoms. The van der Waals surface area contributed by atoms with E-state index in [9.17, 15) is 4.39 Å². The molecular formula is C18H30FN. The quantitative estimate of drug-likeness (QED) is 0.588. The van der Waals surface area contributed by atoms with Gasteiger partial charge < -0.3 is 5.32 Å². The maximum Gasteiger partial charge on any atom is 0.123 e. The van der Waals surface area contributed by atoms with E-state index in [2.05, 4.69) is 26.1 Å². The highest BCUT2D eigenvalue weighted by Gasteiger charge is 2.08. The molecule has 114 valence electrons. The Balaban J connectivity index is 2.17. The molecule has 0 spiro atoms. The highest BCUT2D eigenvalue weighted by atomic mass is 19.1. The summed E-state index contributed by atoms with van der Waals surface area (Å²) >= 11 is 0. The van der Waals surface area contributed by atoms with Crippen molar-refractivity contribution in [1.82, 2.24) is 5.32 Å². The van der Waals surface area contributed by atoms with Crippen LogP contribution in [0.15, 0.2) is 24.3 Å². The van der Waals surface area contributed by atoms with Gasteiger partial charge in [-0.2, -0.15) is 0 Å². The van der Waals surface area contributed by atoms with Crippen LogP contribution >= 0.6 is 0 Å². The molecule has 0 heterocycles. The first-order valence-electron chi connectivity index (χ1n) is 8.12. The van der Waals surface area contributed by atoms with Crippen LogP contribution in [0.4, 0.5) is 4.39 Å². The summed E-state index contributed by atoms with van der Waals surface area (Å²) in [4.78, 5) is 0. The van der Waals surface area contributed by atoms with E-state index in [0.717, 1.165) is 6.42 Å². The molecule has 1 aromatic rings. The second kappa shape index (κ2) is 9.93. The van der Waals surface area contributed by atoms with Gasteiger partial charge in [0.2, 0.25) is 0 Å². The number of benzene rings is 1. The number of hydrogen-bond donors (Lipinski definition) is 1. The van der Waals surface area contributed by atoms with Gasteiger partial charge in [0.15, 0.2) is 0 Å². The summed E-state index contributed by atoms with van der Waals surface area (Å²) in [6, 6.07) is 7.84. The molecule has 0 radical (unpaired) electrons. The maximum atomic E-state index is 12.8. The molecule has 1 aromatic carbocycles. The molecule has 0 amide bonds. The van der Waals surface area contributed by atoms with E-state index in [1.807, 2.05) is 12.1 Å². The fourth-order valence-electron chi connectivity index (χ4n) is 2.66. The van der Waals surface area contributed by atoms with Crippen molar-refractivity contribution in [3.05, 3.63) is 35.6 Å². The Morgan fingerprint density at radius 3 is 2.25 bits per heavy atom. The van der Waals surface area contributed by atoms with Crippen LogP contribution < -0.4 is 5.32 Å². The molecule has 1 rings (SSSR count). The minimum absolute atomic E-state index is 0.158. The number of rotatable bonds is 10. The maximum absolute atomic E-state index is 12.8. The van der Waals surface area contributed by atoms with Crippen molar-refractivity contribution in [3.8, 4) is 0 Å². The average molecular weight is 279 g/mol. The largest absolute Gasteiger partial charge is 0.311 e. The lowest BCUT2D eigenvalue weighted by Gasteiger charge is -2.20. The average Bonchev–Trinajstić information content (AvgIpc) is 2.41. The lowest BCUT2D eigenvalue weighted by Crippen LogP contribution is -2.35. The van der Waals surface area contributed by atoms with Crippen molar-refractivity contribution in [3.63, 3.8) is 0 Å². The smallest absolute Gasteiger partial charge is 0.123 e. The zero-order valence-corrected chi connectivity index (χ0v) is 13.3. The zero-order valence-electron chi connectivity index (χ0n) is 13.3. The molecule has 0 aromatic heterocycles. The molecular weight excluding hydrogens is 249 g/mol. The minimum Gasteiger partial charge on any atom is -0.311 e. The predicted molar refractivity (Wildman–Crippen MR) is 85.5 cm³/mol. The van der Waals surface area contributed by atoms with Gasteiger partial charge in [0, 0.05) is 12.1 Å². The van der Waals surface area contributed by atoms with Crippen LogP contribution in [-0.4, -0.2) is 12.1 Å². The van der Waals surface area contributed by atoms with Gasteiger partial charge in [-0.15, -0.1) is 0 Å². The number of hydrogen-bond acceptors (Lipinski definition) is 1. The van der Waals surface area contributed by atoms with Gasteiger partial charge in [-0.1, -0.05) is 51.2 Å². The van der Waals surface area contributed by atoms with Gasteiger partial charge in [-0.05, 0) is 44.4 Å². The second-order valence-electron chi connectivity index (χ2n) is 6.00. The highest BCUT2D eigenvalue weighted by Crippen LogP contribution is 2.09. The fourth-order valence-corrected chi connectivity index (χ4v) is 2.66. The molecule has 1 N–H and O–H groups in total. The number of nitrogens with one attached hydrogen (secondary N) is 1. The standard InChI is InChI=1S/C18H30FN/c1-4-5-6-7-8-9-15(2)20-16(3)14-17-10-12-18(19)13-11-17/h10-13,15-16,20H,4-9,14H2,1-3H3. The third-order valence-corrected chi connectivity index (χ3v) is 3.76. The summed E-state index contributed by atoms with van der Waals surface area (Å²) in [7, 11) is 0. The van der Waals surface area contributed by atoms with Crippen molar-refractivity contribution in [2.45, 2.75) is 77.8 Å². The first-order valence-corrected chi connectivity index (χ1v) is 8.12. The molecule has 0 bridgehead atoms. The Morgan fingerprint density at radius 2 is 1.60 bits per heavy atom. The van der Waals surface area contributed by atoms with Gasteiger partial charge in [0.25, 0.3) is 0 Å². The van der Waals surface area contributed by atoms with Crippen LogP contribution in [0.2, 0.25) is 0 Å². The van der Waals surface area contributed by atoms with E-state index in [1.54, 1.807) is 12.1 Å². The molecule has 1 nitrogen and oxygen atoms in total. The highest BCUT2D eigenvalue weighted by molar-refractivity contribution is 5.17. The van der Waals surface area contributed by atoms with Gasteiger partial charge in [-0.25, -0.2) is 4.39 Å². The van der Waals surface area contributed by atoms with Crippen LogP contribution in [-0.2, 0) is 6.42 Å². The van der Waals surface area contributed by atoms with Crippen LogP contribution in [0.1, 0.15) is 64.9 Å². The molecule has 0 aliphatic heterocycles. The van der Waals surface area contributed by atoms with Gasteiger partial charge >= 0.3 is 0 Å². The Morgan fingerprint density at radius 1 is 0.950 bits per heavy atom. The van der Waals surface area contributed by atoms with Crippen LogP contribution in [0, 0.1) is 5.82 Å². The summed E-state index contributed by atoms with van der Waals surface area (Å²) in [6.45, 7) is 6.72. The lowest BCUT2D eigenvalue weighted by molar-refractivity contribution is 0.427. The van der Waals surface area contributed by atoms with Crippen molar-refractivity contribution < 1.29 is 4.39 Å². The van der Waals surface area contributed by atoms with Crippen molar-refractivity contribution in [2.75, 3.05) is 0 Å². The third-order valence-electron chi connectivity index (χ3n) is 3.76. The van der Waals surface area contributed by atoms with Crippen LogP contribution in [0.25, 0.3) is 0 Å². The monoisotopic (exact) mass is 279 g/mol. The van der Waals surface area contributed by atoms with E-state index < -0.39 is 0 Å². The fraction of sp³-hybridized carbons (Fsp3) is 0.667. The molecule has 20 heavy (non-hydrogen) atoms. The van der Waals surface area contributed by atoms with Gasteiger partial charge in [-0.3, -0.25) is 0 Å². The molecule has 0 fully saturated rings. The molecule has 0 aliphatic rings. The van der Waals surface area contributed by atoms with Crippen molar-refractivity contribution >= 4 is 0 Å². The molecule has 0 aliphatic carbocycles. The van der Waals surface area contributed by atoms with Crippen LogP contribution in [0.5, 0.6) is 0 Å². The summed E-state index contributed by atoms with van der Waals surface area (Å²) in [6.07, 6.45) is 8.92. The molecule has 0 saturated heterocycles. The predicted octanol–water partition coefficient (Wildman–Crippen LogP) is 5.10. The third kappa shape index (κ3) is 7.64. The summed E-state index contributed by atoms with van der Waals surface area (Å²) in [5, 5.41) is 3.64. The Kier molecular flexibility index (Phi) is 8.52. The summed E-state index contributed by atoms with van der Waals surface area (Å²) < 4.78 is 12.8. The number of halogens is 1. The van der Waals surface area contributed by atoms with E-state index >= 15 is 0 Å². The lowest BCUT2D eigenvalue weighted by atomic mass is 10.0. The van der Waals surface area contributed by atoms with E-state index in [-0.39, 0.29) is 5.82 Å². The van der Waals surface area contributed by atoms with Crippen molar-refractivity contribution in [2.24, 2.45) is 0 Å². The normalized spacial score (nSPS) is 14.2. The molecule has 0 saturated carbocycles. The summed E-state index contributed by atoms with van der Waals surface area (Å²) in [5.74, 6) is -0.158. The molecule has 2 atom stereocenters. The van der Waals surface area contributed by atoms with Gasteiger partial charge in [0.05, 0.1) is 0 Å². The van der Waals surface area contributed by atoms with E-state index in [4.69, 9.17) is 0 Å². The Bertz CT molecular complexity index is 347. The topological polar surface area (TPSA) is 12.0 Å². The molecule has 2 unspecified atom stereocenters. The van der Waals surface area contributed by atoms with E-state index in [0.29, 0.717) is 12.1 Å². The first-order chi connectivity index (χ1) is 9.61.